The van der Waals surface area contributed by atoms with E-state index in [1.165, 1.54) is 30.3 Å². The fourth-order valence-electron chi connectivity index (χ4n) is 2.77. The van der Waals surface area contributed by atoms with Gasteiger partial charge in [-0.05, 0) is 61.0 Å². The summed E-state index contributed by atoms with van der Waals surface area (Å²) in [4.78, 5) is 12.8. The van der Waals surface area contributed by atoms with Gasteiger partial charge in [0.2, 0.25) is 5.91 Å². The summed E-state index contributed by atoms with van der Waals surface area (Å²) in [5.74, 6) is -0.507. The highest BCUT2D eigenvalue weighted by atomic mass is 79.9. The fourth-order valence-corrected chi connectivity index (χ4v) is 4.96. The van der Waals surface area contributed by atoms with E-state index in [4.69, 9.17) is 23.2 Å². The lowest BCUT2D eigenvalue weighted by Crippen LogP contribution is -2.38. The molecule has 0 saturated carbocycles. The molecule has 0 bridgehead atoms. The number of anilines is 2. The van der Waals surface area contributed by atoms with Gasteiger partial charge in [0.15, 0.2) is 0 Å². The summed E-state index contributed by atoms with van der Waals surface area (Å²) in [5.41, 5.74) is 1.68. The van der Waals surface area contributed by atoms with Crippen molar-refractivity contribution in [1.29, 1.82) is 0 Å². The van der Waals surface area contributed by atoms with Gasteiger partial charge in [-0.3, -0.25) is 9.10 Å². The van der Waals surface area contributed by atoms with E-state index in [1.807, 2.05) is 6.92 Å². The minimum atomic E-state index is -4.04. The summed E-state index contributed by atoms with van der Waals surface area (Å²) in [6, 6.07) is 17.6. The molecule has 0 aliphatic carbocycles. The first kappa shape index (κ1) is 22.6. The van der Waals surface area contributed by atoms with Crippen molar-refractivity contribution >= 4 is 66.4 Å². The number of aryl methyl sites for hydroxylation is 1. The van der Waals surface area contributed by atoms with Crippen molar-refractivity contribution in [2.75, 3.05) is 16.2 Å². The second-order valence-corrected chi connectivity index (χ2v) is 10.1. The second-order valence-electron chi connectivity index (χ2n) is 6.46. The lowest BCUT2D eigenvalue weighted by atomic mass is 10.2. The molecule has 3 aromatic rings. The lowest BCUT2D eigenvalue weighted by molar-refractivity contribution is -0.114. The molecular formula is C21H17BrCl2N2O3S. The third kappa shape index (κ3) is 5.35. The topological polar surface area (TPSA) is 66.5 Å². The molecule has 3 rings (SSSR count). The van der Waals surface area contributed by atoms with Crippen molar-refractivity contribution in [2.45, 2.75) is 11.8 Å². The summed E-state index contributed by atoms with van der Waals surface area (Å²) < 4.78 is 28.5. The van der Waals surface area contributed by atoms with Crippen molar-refractivity contribution < 1.29 is 13.2 Å². The minimum Gasteiger partial charge on any atom is -0.325 e. The maximum Gasteiger partial charge on any atom is 0.264 e. The number of rotatable bonds is 6. The first-order chi connectivity index (χ1) is 14.2. The van der Waals surface area contributed by atoms with Crippen LogP contribution in [0.2, 0.25) is 10.0 Å². The van der Waals surface area contributed by atoms with E-state index >= 15 is 0 Å². The van der Waals surface area contributed by atoms with Gasteiger partial charge in [0.25, 0.3) is 10.0 Å². The maximum atomic E-state index is 13.3. The average Bonchev–Trinajstić information content (AvgIpc) is 2.69. The molecule has 0 fully saturated rings. The molecule has 3 aromatic carbocycles. The molecule has 1 N–H and O–H groups in total. The van der Waals surface area contributed by atoms with Gasteiger partial charge < -0.3 is 5.32 Å². The molecule has 0 heterocycles. The Balaban J connectivity index is 1.97. The highest BCUT2D eigenvalue weighted by molar-refractivity contribution is 9.10. The molecule has 30 heavy (non-hydrogen) atoms. The van der Waals surface area contributed by atoms with Crippen molar-refractivity contribution in [1.82, 2.24) is 0 Å². The van der Waals surface area contributed by atoms with Crippen molar-refractivity contribution in [2.24, 2.45) is 0 Å². The largest absolute Gasteiger partial charge is 0.325 e. The van der Waals surface area contributed by atoms with Crippen LogP contribution in [0.3, 0.4) is 0 Å². The van der Waals surface area contributed by atoms with Crippen LogP contribution in [-0.2, 0) is 14.8 Å². The van der Waals surface area contributed by atoms with Crippen LogP contribution in [0.5, 0.6) is 0 Å². The molecule has 9 heteroatoms. The summed E-state index contributed by atoms with van der Waals surface area (Å²) in [6.45, 7) is 1.43. The van der Waals surface area contributed by atoms with Gasteiger partial charge in [0.05, 0.1) is 10.6 Å². The Morgan fingerprint density at radius 1 is 1.00 bits per heavy atom. The maximum absolute atomic E-state index is 13.3. The highest BCUT2D eigenvalue weighted by Gasteiger charge is 2.27. The van der Waals surface area contributed by atoms with Gasteiger partial charge >= 0.3 is 0 Å². The smallest absolute Gasteiger partial charge is 0.264 e. The number of nitrogens with zero attached hydrogens (tertiary/aromatic N) is 1. The summed E-state index contributed by atoms with van der Waals surface area (Å²) in [6.07, 6.45) is 0. The predicted octanol–water partition coefficient (Wildman–Crippen LogP) is 5.90. The van der Waals surface area contributed by atoms with Crippen LogP contribution in [0.4, 0.5) is 11.4 Å². The molecule has 0 radical (unpaired) electrons. The van der Waals surface area contributed by atoms with Gasteiger partial charge in [-0.1, -0.05) is 57.3 Å². The molecule has 0 saturated heterocycles. The van der Waals surface area contributed by atoms with Crippen LogP contribution < -0.4 is 9.62 Å². The van der Waals surface area contributed by atoms with Crippen LogP contribution in [-0.4, -0.2) is 20.9 Å². The summed E-state index contributed by atoms with van der Waals surface area (Å²) in [5, 5.41) is 3.25. The zero-order chi connectivity index (χ0) is 21.9. The quantitative estimate of drug-likeness (QED) is 0.434. The number of carbonyl (C=O) groups is 1. The average molecular weight is 528 g/mol. The van der Waals surface area contributed by atoms with E-state index in [1.54, 1.807) is 36.4 Å². The lowest BCUT2D eigenvalue weighted by Gasteiger charge is -2.24. The van der Waals surface area contributed by atoms with Crippen LogP contribution >= 0.6 is 39.1 Å². The molecule has 0 spiro atoms. The van der Waals surface area contributed by atoms with Gasteiger partial charge in [-0.25, -0.2) is 8.42 Å². The van der Waals surface area contributed by atoms with E-state index < -0.39 is 22.5 Å². The van der Waals surface area contributed by atoms with Crippen LogP contribution in [0, 0.1) is 6.92 Å². The number of sulfonamides is 1. The molecule has 0 unspecified atom stereocenters. The number of carbonyl (C=O) groups excluding carboxylic acids is 1. The van der Waals surface area contributed by atoms with Crippen LogP contribution in [0.15, 0.2) is 76.1 Å². The second kappa shape index (κ2) is 9.39. The number of hydrogen-bond acceptors (Lipinski definition) is 3. The number of amides is 1. The Kier molecular flexibility index (Phi) is 7.08. The Labute approximate surface area is 193 Å². The van der Waals surface area contributed by atoms with E-state index in [0.717, 1.165) is 14.3 Å². The molecule has 0 aliphatic rings. The Hall–Kier alpha value is -2.06. The van der Waals surface area contributed by atoms with Gasteiger partial charge in [0, 0.05) is 20.2 Å². The zero-order valence-electron chi connectivity index (χ0n) is 15.8. The molecule has 0 aromatic heterocycles. The van der Waals surface area contributed by atoms with Crippen LogP contribution in [0.1, 0.15) is 5.56 Å². The molecule has 0 aliphatic heterocycles. The van der Waals surface area contributed by atoms with Crippen molar-refractivity contribution in [3.63, 3.8) is 0 Å². The first-order valence-corrected chi connectivity index (χ1v) is 11.8. The Morgan fingerprint density at radius 3 is 2.23 bits per heavy atom. The van der Waals surface area contributed by atoms with Crippen molar-refractivity contribution in [3.8, 4) is 0 Å². The number of hydrogen-bond donors (Lipinski definition) is 1. The van der Waals surface area contributed by atoms with Gasteiger partial charge in [-0.2, -0.15) is 0 Å². The van der Waals surface area contributed by atoms with Gasteiger partial charge in [0.1, 0.15) is 6.54 Å². The molecule has 1 amide bonds. The van der Waals surface area contributed by atoms with Gasteiger partial charge in [-0.15, -0.1) is 0 Å². The van der Waals surface area contributed by atoms with E-state index in [2.05, 4.69) is 21.2 Å². The van der Waals surface area contributed by atoms with E-state index in [-0.39, 0.29) is 20.6 Å². The Bertz CT molecular complexity index is 1170. The number of benzene rings is 3. The number of nitrogens with one attached hydrogen (secondary N) is 1. The zero-order valence-corrected chi connectivity index (χ0v) is 19.7. The third-order valence-corrected chi connectivity index (χ3v) is 7.31. The fraction of sp³-hybridized carbons (Fsp3) is 0.0952. The standard InChI is InChI=1S/C21H17BrCl2N2O3S/c1-14-9-17(7-8-20(14)22)25-21(27)13-26(18-11-15(23)10-16(24)12-18)30(28,29)19-5-3-2-4-6-19/h2-12H,13H2,1H3,(H,25,27). The molecule has 156 valence electrons. The normalized spacial score (nSPS) is 11.2. The van der Waals surface area contributed by atoms with E-state index in [0.29, 0.717) is 5.69 Å². The Morgan fingerprint density at radius 2 is 1.63 bits per heavy atom. The first-order valence-electron chi connectivity index (χ1n) is 8.77. The predicted molar refractivity (Wildman–Crippen MR) is 125 cm³/mol. The minimum absolute atomic E-state index is 0.0494. The highest BCUT2D eigenvalue weighted by Crippen LogP contribution is 2.30. The number of halogens is 3. The third-order valence-electron chi connectivity index (χ3n) is 4.20. The van der Waals surface area contributed by atoms with Crippen molar-refractivity contribution in [3.05, 3.63) is 86.8 Å². The SMILES string of the molecule is Cc1cc(NC(=O)CN(c2cc(Cl)cc(Cl)c2)S(=O)(=O)c2ccccc2)ccc1Br. The molecular weight excluding hydrogens is 511 g/mol. The van der Waals surface area contributed by atoms with Crippen LogP contribution in [0.25, 0.3) is 0 Å². The summed E-state index contributed by atoms with van der Waals surface area (Å²) >= 11 is 15.6. The molecule has 5 nitrogen and oxygen atoms in total. The monoisotopic (exact) mass is 526 g/mol. The summed E-state index contributed by atoms with van der Waals surface area (Å²) in [7, 11) is -4.04. The van der Waals surface area contributed by atoms with E-state index in [9.17, 15) is 13.2 Å². The molecule has 0 atom stereocenters.